The van der Waals surface area contributed by atoms with Gasteiger partial charge in [0.2, 0.25) is 5.91 Å². The van der Waals surface area contributed by atoms with Crippen LogP contribution < -0.4 is 10.6 Å². The Morgan fingerprint density at radius 1 is 1.48 bits per heavy atom. The molecule has 0 spiro atoms. The minimum atomic E-state index is -2.79. The number of para-hydroxylation sites is 2. The van der Waals surface area contributed by atoms with Gasteiger partial charge in [0, 0.05) is 25.9 Å². The van der Waals surface area contributed by atoms with Crippen LogP contribution >= 0.6 is 0 Å². The molecule has 23 heavy (non-hydrogen) atoms. The lowest BCUT2D eigenvalue weighted by Crippen LogP contribution is -2.41. The third-order valence-electron chi connectivity index (χ3n) is 4.12. The number of carbonyl (C=O) groups is 1. The lowest BCUT2D eigenvalue weighted by molar-refractivity contribution is -0.123. The maximum atomic E-state index is 13.1. The molecule has 2 aromatic rings. The molecule has 2 heterocycles. The number of aromatic nitrogens is 2. The van der Waals surface area contributed by atoms with Gasteiger partial charge in [0.25, 0.3) is 5.92 Å². The van der Waals surface area contributed by atoms with Crippen molar-refractivity contribution in [2.45, 2.75) is 38.3 Å². The SMILES string of the molecule is CCn1c(CCNC(=O)C2CC(F)(F)CN2)nc2ccccc21. The van der Waals surface area contributed by atoms with E-state index in [-0.39, 0.29) is 5.91 Å². The van der Waals surface area contributed by atoms with Crippen molar-refractivity contribution in [1.29, 1.82) is 0 Å². The predicted molar refractivity (Wildman–Crippen MR) is 83.5 cm³/mol. The number of hydrogen-bond donors (Lipinski definition) is 2. The number of rotatable bonds is 5. The molecule has 1 unspecified atom stereocenters. The highest BCUT2D eigenvalue weighted by Gasteiger charge is 2.42. The molecule has 1 atom stereocenters. The van der Waals surface area contributed by atoms with Crippen LogP contribution in [0, 0.1) is 0 Å². The van der Waals surface area contributed by atoms with Crippen molar-refractivity contribution in [3.05, 3.63) is 30.1 Å². The molecule has 0 radical (unpaired) electrons. The zero-order chi connectivity index (χ0) is 16.4. The summed E-state index contributed by atoms with van der Waals surface area (Å²) in [6, 6.07) is 7.06. The molecule has 1 amide bonds. The molecule has 1 aliphatic heterocycles. The molecule has 3 rings (SSSR count). The number of hydrogen-bond acceptors (Lipinski definition) is 3. The van der Waals surface area contributed by atoms with E-state index in [2.05, 4.69) is 20.2 Å². The first-order valence-corrected chi connectivity index (χ1v) is 7.83. The van der Waals surface area contributed by atoms with Gasteiger partial charge >= 0.3 is 0 Å². The summed E-state index contributed by atoms with van der Waals surface area (Å²) in [7, 11) is 0. The van der Waals surface area contributed by atoms with Crippen molar-refractivity contribution in [2.24, 2.45) is 0 Å². The second kappa shape index (κ2) is 6.23. The summed E-state index contributed by atoms with van der Waals surface area (Å²) in [4.78, 5) is 16.5. The standard InChI is InChI=1S/C16H20F2N4O/c1-2-22-13-6-4-3-5-11(13)21-14(22)7-8-19-15(23)12-9-16(17,18)10-20-12/h3-6,12,20H,2,7-10H2,1H3,(H,19,23). The monoisotopic (exact) mass is 322 g/mol. The molecular weight excluding hydrogens is 302 g/mol. The summed E-state index contributed by atoms with van der Waals surface area (Å²) < 4.78 is 28.3. The smallest absolute Gasteiger partial charge is 0.262 e. The van der Waals surface area contributed by atoms with Crippen LogP contribution in [0.4, 0.5) is 8.78 Å². The molecule has 1 saturated heterocycles. The first-order valence-electron chi connectivity index (χ1n) is 7.83. The Balaban J connectivity index is 1.60. The number of carbonyl (C=O) groups excluding carboxylic acids is 1. The topological polar surface area (TPSA) is 59.0 Å². The van der Waals surface area contributed by atoms with Crippen LogP contribution in [0.2, 0.25) is 0 Å². The Labute approximate surface area is 133 Å². The van der Waals surface area contributed by atoms with Gasteiger partial charge in [-0.25, -0.2) is 13.8 Å². The normalized spacial score (nSPS) is 20.0. The number of fused-ring (bicyclic) bond motifs is 1. The van der Waals surface area contributed by atoms with Crippen LogP contribution in [0.1, 0.15) is 19.2 Å². The van der Waals surface area contributed by atoms with Gasteiger partial charge in [0.1, 0.15) is 5.82 Å². The summed E-state index contributed by atoms with van der Waals surface area (Å²) in [6.07, 6.45) is 0.129. The van der Waals surface area contributed by atoms with Crippen LogP contribution in [0.3, 0.4) is 0 Å². The number of aryl methyl sites for hydroxylation is 1. The zero-order valence-corrected chi connectivity index (χ0v) is 13.0. The number of imidazole rings is 1. The Hall–Kier alpha value is -2.02. The summed E-state index contributed by atoms with van der Waals surface area (Å²) in [5.74, 6) is -2.28. The number of nitrogens with zero attached hydrogens (tertiary/aromatic N) is 2. The summed E-state index contributed by atoms with van der Waals surface area (Å²) in [6.45, 7) is 2.78. The Kier molecular flexibility index (Phi) is 4.30. The highest BCUT2D eigenvalue weighted by Crippen LogP contribution is 2.25. The third-order valence-corrected chi connectivity index (χ3v) is 4.12. The van der Waals surface area contributed by atoms with Crippen LogP contribution in [0.25, 0.3) is 11.0 Å². The molecule has 7 heteroatoms. The van der Waals surface area contributed by atoms with Crippen LogP contribution in [0.5, 0.6) is 0 Å². The zero-order valence-electron chi connectivity index (χ0n) is 13.0. The molecule has 2 N–H and O–H groups in total. The Morgan fingerprint density at radius 2 is 2.26 bits per heavy atom. The molecule has 1 aliphatic rings. The van der Waals surface area contributed by atoms with Crippen molar-refractivity contribution < 1.29 is 13.6 Å². The summed E-state index contributed by atoms with van der Waals surface area (Å²) >= 11 is 0. The molecule has 1 aromatic heterocycles. The fourth-order valence-corrected chi connectivity index (χ4v) is 2.99. The van der Waals surface area contributed by atoms with E-state index in [1.54, 1.807) is 0 Å². The number of amides is 1. The van der Waals surface area contributed by atoms with E-state index in [1.807, 2.05) is 31.2 Å². The number of alkyl halides is 2. The van der Waals surface area contributed by atoms with E-state index in [9.17, 15) is 13.6 Å². The first-order chi connectivity index (χ1) is 11.0. The molecule has 1 fully saturated rings. The molecule has 0 saturated carbocycles. The van der Waals surface area contributed by atoms with Crippen molar-refractivity contribution in [1.82, 2.24) is 20.2 Å². The van der Waals surface area contributed by atoms with Crippen LogP contribution in [-0.4, -0.2) is 40.5 Å². The lowest BCUT2D eigenvalue weighted by atomic mass is 10.2. The van der Waals surface area contributed by atoms with Crippen LogP contribution in [-0.2, 0) is 17.8 Å². The molecule has 5 nitrogen and oxygen atoms in total. The van der Waals surface area contributed by atoms with Gasteiger partial charge in [0.05, 0.1) is 23.6 Å². The number of halogens is 2. The summed E-state index contributed by atoms with van der Waals surface area (Å²) in [5, 5.41) is 5.27. The average Bonchev–Trinajstić information content (AvgIpc) is 3.06. The van der Waals surface area contributed by atoms with Gasteiger partial charge < -0.3 is 9.88 Å². The number of benzene rings is 1. The van der Waals surface area contributed by atoms with E-state index in [1.165, 1.54) is 0 Å². The fraction of sp³-hybridized carbons (Fsp3) is 0.500. The van der Waals surface area contributed by atoms with Crippen molar-refractivity contribution in [2.75, 3.05) is 13.1 Å². The summed E-state index contributed by atoms with van der Waals surface area (Å²) in [5.41, 5.74) is 1.99. The lowest BCUT2D eigenvalue weighted by Gasteiger charge is -2.11. The van der Waals surface area contributed by atoms with Gasteiger partial charge in [-0.1, -0.05) is 12.1 Å². The van der Waals surface area contributed by atoms with Gasteiger partial charge in [-0.15, -0.1) is 0 Å². The van der Waals surface area contributed by atoms with E-state index < -0.39 is 24.9 Å². The minimum absolute atomic E-state index is 0.374. The van der Waals surface area contributed by atoms with Gasteiger partial charge in [-0.05, 0) is 19.1 Å². The molecule has 0 aliphatic carbocycles. The third kappa shape index (κ3) is 3.34. The van der Waals surface area contributed by atoms with Gasteiger partial charge in [-0.2, -0.15) is 0 Å². The molecule has 124 valence electrons. The second-order valence-corrected chi connectivity index (χ2v) is 5.80. The largest absolute Gasteiger partial charge is 0.354 e. The van der Waals surface area contributed by atoms with Gasteiger partial charge in [-0.3, -0.25) is 10.1 Å². The molecule has 0 bridgehead atoms. The predicted octanol–water partition coefficient (Wildman–Crippen LogP) is 1.71. The second-order valence-electron chi connectivity index (χ2n) is 5.80. The van der Waals surface area contributed by atoms with E-state index in [0.717, 1.165) is 23.4 Å². The average molecular weight is 322 g/mol. The highest BCUT2D eigenvalue weighted by molar-refractivity contribution is 5.82. The number of nitrogens with one attached hydrogen (secondary N) is 2. The van der Waals surface area contributed by atoms with Crippen molar-refractivity contribution >= 4 is 16.9 Å². The Bertz CT molecular complexity index is 713. The minimum Gasteiger partial charge on any atom is -0.354 e. The highest BCUT2D eigenvalue weighted by atomic mass is 19.3. The first kappa shape index (κ1) is 15.9. The van der Waals surface area contributed by atoms with Crippen molar-refractivity contribution in [3.63, 3.8) is 0 Å². The molecular formula is C16H20F2N4O. The quantitative estimate of drug-likeness (QED) is 0.881. The fourth-order valence-electron chi connectivity index (χ4n) is 2.99. The van der Waals surface area contributed by atoms with Crippen LogP contribution in [0.15, 0.2) is 24.3 Å². The van der Waals surface area contributed by atoms with Gasteiger partial charge in [0.15, 0.2) is 0 Å². The maximum Gasteiger partial charge on any atom is 0.262 e. The Morgan fingerprint density at radius 3 is 2.96 bits per heavy atom. The maximum absolute atomic E-state index is 13.1. The van der Waals surface area contributed by atoms with E-state index in [4.69, 9.17) is 0 Å². The molecule has 1 aromatic carbocycles. The van der Waals surface area contributed by atoms with E-state index >= 15 is 0 Å². The van der Waals surface area contributed by atoms with E-state index in [0.29, 0.717) is 13.0 Å². The van der Waals surface area contributed by atoms with Crippen molar-refractivity contribution in [3.8, 4) is 0 Å².